The maximum atomic E-state index is 12.0. The molecular weight excluding hydrogens is 326 g/mol. The van der Waals surface area contributed by atoms with Crippen LogP contribution in [0.25, 0.3) is 0 Å². The minimum Gasteiger partial charge on any atom is -0.417 e. The molecule has 3 aromatic rings. The molecule has 3 rings (SSSR count). The summed E-state index contributed by atoms with van der Waals surface area (Å²) in [6, 6.07) is 17.3. The van der Waals surface area contributed by atoms with Crippen LogP contribution in [0.4, 0.5) is 0 Å². The van der Waals surface area contributed by atoms with Crippen LogP contribution >= 0.6 is 11.6 Å². The lowest BCUT2D eigenvalue weighted by atomic mass is 10.1. The normalized spacial score (nSPS) is 10.5. The van der Waals surface area contributed by atoms with E-state index in [1.54, 1.807) is 0 Å². The highest BCUT2D eigenvalue weighted by molar-refractivity contribution is 6.30. The highest BCUT2D eigenvalue weighted by atomic mass is 35.5. The van der Waals surface area contributed by atoms with E-state index in [-0.39, 0.29) is 11.8 Å². The molecule has 24 heavy (non-hydrogen) atoms. The van der Waals surface area contributed by atoms with Crippen molar-refractivity contribution in [1.29, 1.82) is 0 Å². The molecule has 0 aliphatic rings. The number of halogens is 1. The lowest BCUT2D eigenvalue weighted by Crippen LogP contribution is -2.26. The van der Waals surface area contributed by atoms with Gasteiger partial charge in [0, 0.05) is 11.6 Å². The molecule has 2 aromatic carbocycles. The van der Waals surface area contributed by atoms with Crippen molar-refractivity contribution < 1.29 is 9.21 Å². The first-order valence-corrected chi connectivity index (χ1v) is 7.97. The van der Waals surface area contributed by atoms with E-state index in [9.17, 15) is 4.79 Å². The summed E-state index contributed by atoms with van der Waals surface area (Å²) in [5, 5.41) is 11.2. The third-order valence-electron chi connectivity index (χ3n) is 3.45. The van der Waals surface area contributed by atoms with Crippen LogP contribution < -0.4 is 5.32 Å². The van der Waals surface area contributed by atoms with Gasteiger partial charge in [0.2, 0.25) is 5.89 Å². The highest BCUT2D eigenvalue weighted by Gasteiger charge is 2.14. The fraction of sp³-hybridized carbons (Fsp3) is 0.167. The first kappa shape index (κ1) is 16.2. The average molecular weight is 342 g/mol. The summed E-state index contributed by atoms with van der Waals surface area (Å²) in [5.74, 6) is 0.0251. The molecule has 5 nitrogen and oxygen atoms in total. The maximum absolute atomic E-state index is 12.0. The van der Waals surface area contributed by atoms with E-state index >= 15 is 0 Å². The van der Waals surface area contributed by atoms with Gasteiger partial charge in [-0.15, -0.1) is 10.2 Å². The molecule has 122 valence electrons. The minimum atomic E-state index is -0.371. The lowest BCUT2D eigenvalue weighted by molar-refractivity contribution is 0.0918. The van der Waals surface area contributed by atoms with Crippen molar-refractivity contribution in [2.45, 2.75) is 12.8 Å². The zero-order valence-corrected chi connectivity index (χ0v) is 13.7. The molecule has 1 aromatic heterocycles. The molecule has 0 bridgehead atoms. The Morgan fingerprint density at radius 1 is 1.04 bits per heavy atom. The second-order valence-corrected chi connectivity index (χ2v) is 5.74. The van der Waals surface area contributed by atoms with E-state index in [0.717, 1.165) is 11.1 Å². The smallest absolute Gasteiger partial charge is 0.308 e. The van der Waals surface area contributed by atoms with Crippen LogP contribution in [0.3, 0.4) is 0 Å². The van der Waals surface area contributed by atoms with Crippen molar-refractivity contribution in [2.75, 3.05) is 6.54 Å². The molecule has 0 fully saturated rings. The van der Waals surface area contributed by atoms with Gasteiger partial charge in [-0.25, -0.2) is 0 Å². The number of rotatable bonds is 6. The van der Waals surface area contributed by atoms with Crippen molar-refractivity contribution in [1.82, 2.24) is 15.5 Å². The van der Waals surface area contributed by atoms with Crippen LogP contribution in [0.1, 0.15) is 27.7 Å². The molecule has 1 N–H and O–H groups in total. The Bertz CT molecular complexity index is 818. The van der Waals surface area contributed by atoms with Gasteiger partial charge >= 0.3 is 11.8 Å². The fourth-order valence-electron chi connectivity index (χ4n) is 2.28. The standard InChI is InChI=1S/C18H16ClN3O2/c19-15-8-4-7-14(11-15)9-10-20-17(23)18-22-21-16(24-18)12-13-5-2-1-3-6-13/h1-8,11H,9-10,12H2,(H,20,23). The van der Waals surface area contributed by atoms with E-state index < -0.39 is 0 Å². The van der Waals surface area contributed by atoms with Gasteiger partial charge in [-0.2, -0.15) is 0 Å². The average Bonchev–Trinajstić information content (AvgIpc) is 3.04. The molecular formula is C18H16ClN3O2. The van der Waals surface area contributed by atoms with Crippen LogP contribution in [0.2, 0.25) is 5.02 Å². The molecule has 0 unspecified atom stereocenters. The largest absolute Gasteiger partial charge is 0.417 e. The summed E-state index contributed by atoms with van der Waals surface area (Å²) >= 11 is 5.93. The molecule has 0 aliphatic carbocycles. The van der Waals surface area contributed by atoms with Crippen molar-refractivity contribution >= 4 is 17.5 Å². The number of nitrogens with one attached hydrogen (secondary N) is 1. The molecule has 0 aliphatic heterocycles. The molecule has 0 saturated carbocycles. The summed E-state index contributed by atoms with van der Waals surface area (Å²) in [7, 11) is 0. The van der Waals surface area contributed by atoms with E-state index in [1.807, 2.05) is 54.6 Å². The van der Waals surface area contributed by atoms with E-state index in [4.69, 9.17) is 16.0 Å². The SMILES string of the molecule is O=C(NCCc1cccc(Cl)c1)c1nnc(Cc2ccccc2)o1. The predicted molar refractivity (Wildman–Crippen MR) is 91.0 cm³/mol. The Hall–Kier alpha value is -2.66. The molecule has 0 spiro atoms. The second kappa shape index (κ2) is 7.75. The Kier molecular flexibility index (Phi) is 5.23. The summed E-state index contributed by atoms with van der Waals surface area (Å²) in [6.07, 6.45) is 1.18. The number of hydrogen-bond acceptors (Lipinski definition) is 4. The number of amides is 1. The Morgan fingerprint density at radius 2 is 1.83 bits per heavy atom. The van der Waals surface area contributed by atoms with Gasteiger partial charge in [0.05, 0.1) is 6.42 Å². The Labute approximate surface area is 144 Å². The quantitative estimate of drug-likeness (QED) is 0.747. The fourth-order valence-corrected chi connectivity index (χ4v) is 2.49. The molecule has 0 radical (unpaired) electrons. The summed E-state index contributed by atoms with van der Waals surface area (Å²) in [4.78, 5) is 12.0. The van der Waals surface area contributed by atoms with Crippen LogP contribution in [-0.2, 0) is 12.8 Å². The maximum Gasteiger partial charge on any atom is 0.308 e. The topological polar surface area (TPSA) is 68.0 Å². The Balaban J connectivity index is 1.52. The van der Waals surface area contributed by atoms with Gasteiger partial charge < -0.3 is 9.73 Å². The number of aromatic nitrogens is 2. The van der Waals surface area contributed by atoms with Gasteiger partial charge in [-0.05, 0) is 29.7 Å². The predicted octanol–water partition coefficient (Wildman–Crippen LogP) is 3.29. The van der Waals surface area contributed by atoms with Gasteiger partial charge in [-0.3, -0.25) is 4.79 Å². The van der Waals surface area contributed by atoms with Gasteiger partial charge in [0.15, 0.2) is 0 Å². The van der Waals surface area contributed by atoms with Crippen LogP contribution in [-0.4, -0.2) is 22.6 Å². The first-order chi connectivity index (χ1) is 11.7. The van der Waals surface area contributed by atoms with E-state index in [2.05, 4.69) is 15.5 Å². The molecule has 0 atom stereocenters. The summed E-state index contributed by atoms with van der Waals surface area (Å²) in [5.41, 5.74) is 2.10. The molecule has 1 amide bonds. The van der Waals surface area contributed by atoms with Gasteiger partial charge in [-0.1, -0.05) is 54.1 Å². The molecule has 0 saturated heterocycles. The number of nitrogens with zero attached hydrogens (tertiary/aromatic N) is 2. The monoisotopic (exact) mass is 341 g/mol. The number of carbonyl (C=O) groups is 1. The van der Waals surface area contributed by atoms with E-state index in [0.29, 0.717) is 30.3 Å². The summed E-state index contributed by atoms with van der Waals surface area (Å²) in [6.45, 7) is 0.468. The first-order valence-electron chi connectivity index (χ1n) is 7.59. The van der Waals surface area contributed by atoms with Gasteiger partial charge in [0.25, 0.3) is 0 Å². The minimum absolute atomic E-state index is 0.0213. The van der Waals surface area contributed by atoms with Crippen LogP contribution in [0.5, 0.6) is 0 Å². The summed E-state index contributed by atoms with van der Waals surface area (Å²) < 4.78 is 5.42. The van der Waals surface area contributed by atoms with Crippen molar-refractivity contribution in [3.63, 3.8) is 0 Å². The zero-order chi connectivity index (χ0) is 16.8. The molecule has 1 heterocycles. The van der Waals surface area contributed by atoms with Gasteiger partial charge in [0.1, 0.15) is 0 Å². The number of carbonyl (C=O) groups excluding carboxylic acids is 1. The molecule has 6 heteroatoms. The second-order valence-electron chi connectivity index (χ2n) is 5.30. The number of hydrogen-bond donors (Lipinski definition) is 1. The van der Waals surface area contributed by atoms with Crippen LogP contribution in [0, 0.1) is 0 Å². The van der Waals surface area contributed by atoms with Crippen LogP contribution in [0.15, 0.2) is 59.0 Å². The van der Waals surface area contributed by atoms with Crippen molar-refractivity contribution in [3.8, 4) is 0 Å². The zero-order valence-electron chi connectivity index (χ0n) is 12.9. The van der Waals surface area contributed by atoms with Crippen molar-refractivity contribution in [2.24, 2.45) is 0 Å². The number of benzene rings is 2. The third-order valence-corrected chi connectivity index (χ3v) is 3.68. The third kappa shape index (κ3) is 4.43. The highest BCUT2D eigenvalue weighted by Crippen LogP contribution is 2.11. The van der Waals surface area contributed by atoms with E-state index in [1.165, 1.54) is 0 Å². The van der Waals surface area contributed by atoms with Crippen molar-refractivity contribution in [3.05, 3.63) is 82.5 Å². The Morgan fingerprint density at radius 3 is 2.62 bits per heavy atom. The lowest BCUT2D eigenvalue weighted by Gasteiger charge is -2.03.